The molecule has 212 valence electrons. The Kier molecular flexibility index (Phi) is 8.03. The van der Waals surface area contributed by atoms with Crippen LogP contribution in [0, 0.1) is 11.6 Å². The summed E-state index contributed by atoms with van der Waals surface area (Å²) in [5.74, 6) is -2.55. The molecule has 1 saturated heterocycles. The molecule has 1 aromatic carbocycles. The lowest BCUT2D eigenvalue weighted by molar-refractivity contribution is -0.139. The maximum atomic E-state index is 14.3. The van der Waals surface area contributed by atoms with Crippen LogP contribution in [0.25, 0.3) is 0 Å². The number of carbonyl (C=O) groups excluding carboxylic acids is 1. The van der Waals surface area contributed by atoms with Crippen LogP contribution >= 0.6 is 38.9 Å². The van der Waals surface area contributed by atoms with Gasteiger partial charge in [-0.1, -0.05) is 16.8 Å². The van der Waals surface area contributed by atoms with Crippen molar-refractivity contribution in [3.05, 3.63) is 83.1 Å². The van der Waals surface area contributed by atoms with Crippen molar-refractivity contribution in [1.29, 1.82) is 0 Å². The van der Waals surface area contributed by atoms with Crippen LogP contribution in [0.4, 0.5) is 22.0 Å². The number of piperidine rings is 1. The van der Waals surface area contributed by atoms with Crippen LogP contribution in [-0.4, -0.2) is 39.2 Å². The number of oxime groups is 1. The Morgan fingerprint density at radius 2 is 1.95 bits per heavy atom. The monoisotopic (exact) mass is 664 g/mol. The maximum Gasteiger partial charge on any atom is 0.417 e. The van der Waals surface area contributed by atoms with E-state index in [4.69, 9.17) is 16.4 Å². The number of rotatable bonds is 5. The highest BCUT2D eigenvalue weighted by Gasteiger charge is 2.34. The van der Waals surface area contributed by atoms with Crippen LogP contribution in [0.2, 0.25) is 5.02 Å². The van der Waals surface area contributed by atoms with Gasteiger partial charge in [-0.15, -0.1) is 11.3 Å². The Balaban J connectivity index is 1.20. The first kappa shape index (κ1) is 28.7. The molecular formula is C25H19BrClF5N4O3S. The molecule has 0 aliphatic carbocycles. The fourth-order valence-corrected chi connectivity index (χ4v) is 6.36. The average molecular weight is 666 g/mol. The summed E-state index contributed by atoms with van der Waals surface area (Å²) in [5, 5.41) is 6.63. The van der Waals surface area contributed by atoms with Crippen molar-refractivity contribution in [2.75, 3.05) is 13.1 Å². The summed E-state index contributed by atoms with van der Waals surface area (Å²) in [6, 6.07) is 2.88. The van der Waals surface area contributed by atoms with E-state index >= 15 is 0 Å². The first-order valence-electron chi connectivity index (χ1n) is 12.0. The van der Waals surface area contributed by atoms with Gasteiger partial charge in [-0.3, -0.25) is 9.59 Å². The predicted octanol–water partition coefficient (Wildman–Crippen LogP) is 6.29. The molecule has 1 atom stereocenters. The van der Waals surface area contributed by atoms with Gasteiger partial charge in [0.15, 0.2) is 17.7 Å². The van der Waals surface area contributed by atoms with Gasteiger partial charge in [-0.05, 0) is 47.0 Å². The summed E-state index contributed by atoms with van der Waals surface area (Å²) in [7, 11) is 0. The molecule has 0 N–H and O–H groups in total. The molecule has 4 heterocycles. The zero-order valence-electron chi connectivity index (χ0n) is 20.4. The standard InChI is InChI=1S/C25H19BrClF5N4O3S/c26-14-7-13(25(30,31)32)9-36(24(14)38)10-20(37)35-5-3-12(4-6-35)23-33-18(11-40-23)17-8-19(39-34-17)21-15(27)1-2-16(28)22(21)29/h1-2,7,9,11-12,19H,3-6,8,10H2. The van der Waals surface area contributed by atoms with Gasteiger partial charge < -0.3 is 14.3 Å². The van der Waals surface area contributed by atoms with E-state index in [2.05, 4.69) is 26.1 Å². The minimum absolute atomic E-state index is 0.0297. The number of hydrogen-bond donors (Lipinski definition) is 0. The lowest BCUT2D eigenvalue weighted by atomic mass is 9.97. The second kappa shape index (κ2) is 11.2. The molecule has 3 aromatic rings. The first-order chi connectivity index (χ1) is 18.9. The Morgan fingerprint density at radius 1 is 1.23 bits per heavy atom. The normalized spacial score (nSPS) is 18.1. The summed E-state index contributed by atoms with van der Waals surface area (Å²) in [6.45, 7) is 0.178. The molecule has 5 rings (SSSR count). The van der Waals surface area contributed by atoms with E-state index in [0.29, 0.717) is 49.6 Å². The number of alkyl halides is 3. The van der Waals surface area contributed by atoms with Crippen molar-refractivity contribution in [1.82, 2.24) is 14.5 Å². The van der Waals surface area contributed by atoms with Gasteiger partial charge in [0.05, 0.1) is 31.3 Å². The van der Waals surface area contributed by atoms with Gasteiger partial charge in [0.2, 0.25) is 5.91 Å². The summed E-state index contributed by atoms with van der Waals surface area (Å²) in [6.07, 6.45) is -3.62. The number of amides is 1. The molecule has 15 heteroatoms. The van der Waals surface area contributed by atoms with Crippen molar-refractivity contribution in [2.45, 2.75) is 44.0 Å². The minimum Gasteiger partial charge on any atom is -0.387 e. The molecule has 40 heavy (non-hydrogen) atoms. The highest BCUT2D eigenvalue weighted by Crippen LogP contribution is 2.37. The van der Waals surface area contributed by atoms with Gasteiger partial charge in [0.25, 0.3) is 5.56 Å². The third kappa shape index (κ3) is 5.79. The third-order valence-electron chi connectivity index (χ3n) is 6.76. The third-order valence-corrected chi connectivity index (χ3v) is 8.66. The SMILES string of the molecule is O=C(Cn1cc(C(F)(F)F)cc(Br)c1=O)N1CCC(c2nc(C3=NOC(c4c(Cl)ccc(F)c4F)C3)cs2)CC1. The van der Waals surface area contributed by atoms with E-state index in [0.717, 1.165) is 15.6 Å². The van der Waals surface area contributed by atoms with E-state index in [1.165, 1.54) is 22.3 Å². The largest absolute Gasteiger partial charge is 0.417 e. The Bertz CT molecular complexity index is 1550. The molecule has 1 fully saturated rings. The van der Waals surface area contributed by atoms with Gasteiger partial charge in [0, 0.05) is 37.0 Å². The highest BCUT2D eigenvalue weighted by atomic mass is 79.9. The summed E-state index contributed by atoms with van der Waals surface area (Å²) >= 11 is 10.3. The lowest BCUT2D eigenvalue weighted by Crippen LogP contribution is -2.41. The van der Waals surface area contributed by atoms with E-state index < -0.39 is 47.5 Å². The van der Waals surface area contributed by atoms with Crippen molar-refractivity contribution in [3.8, 4) is 0 Å². The highest BCUT2D eigenvalue weighted by molar-refractivity contribution is 9.10. The van der Waals surface area contributed by atoms with Crippen molar-refractivity contribution in [2.24, 2.45) is 5.16 Å². The van der Waals surface area contributed by atoms with Gasteiger partial charge >= 0.3 is 6.18 Å². The Hall–Kier alpha value is -2.84. The molecular weight excluding hydrogens is 647 g/mol. The molecule has 2 aliphatic rings. The molecule has 1 amide bonds. The number of pyridine rings is 1. The number of aromatic nitrogens is 2. The molecule has 0 spiro atoms. The van der Waals surface area contributed by atoms with Crippen LogP contribution in [0.5, 0.6) is 0 Å². The first-order valence-corrected chi connectivity index (χ1v) is 14.0. The molecule has 0 radical (unpaired) electrons. The zero-order chi connectivity index (χ0) is 28.8. The fraction of sp³-hybridized carbons (Fsp3) is 0.360. The number of thiazole rings is 1. The van der Waals surface area contributed by atoms with Crippen LogP contribution in [0.3, 0.4) is 0 Å². The van der Waals surface area contributed by atoms with E-state index in [9.17, 15) is 31.5 Å². The molecule has 2 aliphatic heterocycles. The molecule has 0 bridgehead atoms. The minimum atomic E-state index is -4.66. The number of halogens is 7. The number of benzene rings is 1. The number of hydrogen-bond acceptors (Lipinski definition) is 6. The molecule has 7 nitrogen and oxygen atoms in total. The van der Waals surface area contributed by atoms with Crippen molar-refractivity contribution in [3.63, 3.8) is 0 Å². The predicted molar refractivity (Wildman–Crippen MR) is 140 cm³/mol. The smallest absolute Gasteiger partial charge is 0.387 e. The number of likely N-dealkylation sites (tertiary alicyclic amines) is 1. The van der Waals surface area contributed by atoms with Crippen molar-refractivity contribution >= 4 is 50.5 Å². The van der Waals surface area contributed by atoms with Gasteiger partial charge in [0.1, 0.15) is 12.3 Å². The maximum absolute atomic E-state index is 14.3. The van der Waals surface area contributed by atoms with Crippen LogP contribution in [-0.2, 0) is 22.4 Å². The molecule has 1 unspecified atom stereocenters. The van der Waals surface area contributed by atoms with Gasteiger partial charge in [-0.2, -0.15) is 13.2 Å². The lowest BCUT2D eigenvalue weighted by Gasteiger charge is -2.31. The topological polar surface area (TPSA) is 76.8 Å². The average Bonchev–Trinajstić information content (AvgIpc) is 3.59. The number of carbonyl (C=O) groups is 1. The fourth-order valence-electron chi connectivity index (χ4n) is 4.62. The number of nitrogens with zero attached hydrogens (tertiary/aromatic N) is 4. The zero-order valence-corrected chi connectivity index (χ0v) is 23.5. The molecule has 2 aromatic heterocycles. The second-order valence-electron chi connectivity index (χ2n) is 9.33. The second-order valence-corrected chi connectivity index (χ2v) is 11.5. The van der Waals surface area contributed by atoms with E-state index in [1.807, 2.05) is 0 Å². The van der Waals surface area contributed by atoms with E-state index in [-0.39, 0.29) is 27.4 Å². The summed E-state index contributed by atoms with van der Waals surface area (Å²) in [5.41, 5.74) is -0.846. The van der Waals surface area contributed by atoms with Crippen LogP contribution < -0.4 is 5.56 Å². The van der Waals surface area contributed by atoms with E-state index in [1.54, 1.807) is 5.38 Å². The van der Waals surface area contributed by atoms with Crippen molar-refractivity contribution < 1.29 is 31.6 Å². The Morgan fingerprint density at radius 3 is 2.65 bits per heavy atom. The Labute approximate surface area is 241 Å². The van der Waals surface area contributed by atoms with Crippen LogP contribution in [0.1, 0.15) is 53.1 Å². The summed E-state index contributed by atoms with van der Waals surface area (Å²) < 4.78 is 67.9. The molecule has 0 saturated carbocycles. The van der Waals surface area contributed by atoms with Crippen LogP contribution in [0.15, 0.2) is 44.2 Å². The quantitative estimate of drug-likeness (QED) is 0.237. The van der Waals surface area contributed by atoms with Gasteiger partial charge in [-0.25, -0.2) is 13.8 Å². The summed E-state index contributed by atoms with van der Waals surface area (Å²) in [4.78, 5) is 36.6.